The Morgan fingerprint density at radius 3 is 2.75 bits per heavy atom. The molecule has 0 saturated heterocycles. The van der Waals surface area contributed by atoms with Gasteiger partial charge in [0.15, 0.2) is 5.78 Å². The van der Waals surface area contributed by atoms with Crippen LogP contribution in [0.15, 0.2) is 59.9 Å². The number of hydrogen-bond acceptors (Lipinski definition) is 4. The average Bonchev–Trinajstić information content (AvgIpc) is 3.19. The molecule has 1 aromatic heterocycles. The maximum Gasteiger partial charge on any atom is 0.261 e. The van der Waals surface area contributed by atoms with Crippen molar-refractivity contribution in [2.24, 2.45) is 0 Å². The molecular formula is C25H23ClN4O2. The maximum absolute atomic E-state index is 13.2. The van der Waals surface area contributed by atoms with Crippen LogP contribution in [-0.2, 0) is 4.79 Å². The molecule has 2 heterocycles. The van der Waals surface area contributed by atoms with Gasteiger partial charge in [-0.05, 0) is 61.6 Å². The highest BCUT2D eigenvalue weighted by Crippen LogP contribution is 2.43. The zero-order valence-corrected chi connectivity index (χ0v) is 18.7. The number of aryl methyl sites for hydroxylation is 2. The number of fused-ring (bicyclic) bond motifs is 1. The fourth-order valence-electron chi connectivity index (χ4n) is 4.43. The maximum atomic E-state index is 13.2. The predicted octanol–water partition coefficient (Wildman–Crippen LogP) is 5.43. The predicted molar refractivity (Wildman–Crippen MR) is 125 cm³/mol. The Morgan fingerprint density at radius 1 is 1.16 bits per heavy atom. The summed E-state index contributed by atoms with van der Waals surface area (Å²) >= 11 is 6.53. The van der Waals surface area contributed by atoms with Gasteiger partial charge in [0.2, 0.25) is 0 Å². The third-order valence-corrected chi connectivity index (χ3v) is 6.59. The first-order valence-electron chi connectivity index (χ1n) is 10.7. The lowest BCUT2D eigenvalue weighted by Crippen LogP contribution is -2.32. The lowest BCUT2D eigenvalue weighted by Gasteiger charge is -2.33. The van der Waals surface area contributed by atoms with E-state index < -0.39 is 6.04 Å². The van der Waals surface area contributed by atoms with Gasteiger partial charge in [-0.25, -0.2) is 4.68 Å². The molecular weight excluding hydrogens is 424 g/mol. The Bertz CT molecular complexity index is 1290. The largest absolute Gasteiger partial charge is 0.343 e. The average molecular weight is 447 g/mol. The molecule has 2 aliphatic rings. The van der Waals surface area contributed by atoms with Crippen molar-refractivity contribution in [2.75, 3.05) is 10.6 Å². The molecule has 0 fully saturated rings. The molecule has 7 heteroatoms. The van der Waals surface area contributed by atoms with E-state index >= 15 is 0 Å². The molecule has 6 nitrogen and oxygen atoms in total. The van der Waals surface area contributed by atoms with Crippen LogP contribution in [0.3, 0.4) is 0 Å². The Kier molecular flexibility index (Phi) is 5.10. The van der Waals surface area contributed by atoms with Crippen LogP contribution in [-0.4, -0.2) is 21.5 Å². The van der Waals surface area contributed by atoms with E-state index in [1.165, 1.54) is 0 Å². The number of aromatic nitrogens is 2. The van der Waals surface area contributed by atoms with Gasteiger partial charge in [0.1, 0.15) is 17.4 Å². The van der Waals surface area contributed by atoms with Crippen molar-refractivity contribution in [3.05, 3.63) is 87.2 Å². The van der Waals surface area contributed by atoms with Gasteiger partial charge in [-0.15, -0.1) is 0 Å². The monoisotopic (exact) mass is 446 g/mol. The number of benzene rings is 2. The highest BCUT2D eigenvalue weighted by molar-refractivity contribution is 6.31. The Balaban J connectivity index is 1.57. The van der Waals surface area contributed by atoms with Gasteiger partial charge < -0.3 is 10.6 Å². The van der Waals surface area contributed by atoms with Crippen molar-refractivity contribution < 1.29 is 9.59 Å². The molecule has 0 radical (unpaired) electrons. The standard InChI is InChI=1S/C25H23ClN4O2/c1-14-10-11-16(12-15(14)2)28-25(32)18-13-27-30-23(17-6-3-4-7-19(17)26)22-20(29-24(18)30)8-5-9-21(22)31/h3-4,6-7,10-13,23,29H,5,8-9H2,1-2H3,(H,28,32)/t23-/m1/s1. The van der Waals surface area contributed by atoms with Gasteiger partial charge in [-0.1, -0.05) is 35.9 Å². The first-order valence-corrected chi connectivity index (χ1v) is 11.1. The molecule has 0 saturated carbocycles. The lowest BCUT2D eigenvalue weighted by atomic mass is 9.85. The number of amides is 1. The molecule has 32 heavy (non-hydrogen) atoms. The summed E-state index contributed by atoms with van der Waals surface area (Å²) < 4.78 is 1.71. The topological polar surface area (TPSA) is 76.0 Å². The summed E-state index contributed by atoms with van der Waals surface area (Å²) in [7, 11) is 0. The van der Waals surface area contributed by atoms with E-state index in [2.05, 4.69) is 15.7 Å². The van der Waals surface area contributed by atoms with Crippen molar-refractivity contribution in [2.45, 2.75) is 39.2 Å². The number of anilines is 2. The molecule has 1 amide bonds. The van der Waals surface area contributed by atoms with Gasteiger partial charge in [0.05, 0.1) is 6.20 Å². The first kappa shape index (κ1) is 20.5. The first-order chi connectivity index (χ1) is 15.4. The van der Waals surface area contributed by atoms with Gasteiger partial charge in [-0.2, -0.15) is 5.10 Å². The molecule has 3 aromatic rings. The summed E-state index contributed by atoms with van der Waals surface area (Å²) in [5.74, 6) is 0.404. The molecule has 1 atom stereocenters. The number of hydrogen-bond donors (Lipinski definition) is 2. The molecule has 1 aliphatic heterocycles. The van der Waals surface area contributed by atoms with E-state index in [1.807, 2.05) is 56.3 Å². The highest BCUT2D eigenvalue weighted by atomic mass is 35.5. The van der Waals surface area contributed by atoms with E-state index in [0.717, 1.165) is 40.9 Å². The van der Waals surface area contributed by atoms with Gasteiger partial charge >= 0.3 is 0 Å². The van der Waals surface area contributed by atoms with Crippen LogP contribution >= 0.6 is 11.6 Å². The van der Waals surface area contributed by atoms with E-state index in [1.54, 1.807) is 10.9 Å². The molecule has 1 aliphatic carbocycles. The lowest BCUT2D eigenvalue weighted by molar-refractivity contribution is -0.116. The van der Waals surface area contributed by atoms with Crippen LogP contribution < -0.4 is 10.6 Å². The van der Waals surface area contributed by atoms with Crippen molar-refractivity contribution in [1.82, 2.24) is 9.78 Å². The van der Waals surface area contributed by atoms with Gasteiger partial charge in [0.25, 0.3) is 5.91 Å². The second-order valence-corrected chi connectivity index (χ2v) is 8.73. The second-order valence-electron chi connectivity index (χ2n) is 8.32. The van der Waals surface area contributed by atoms with Crippen molar-refractivity contribution >= 4 is 34.8 Å². The molecule has 162 valence electrons. The summed E-state index contributed by atoms with van der Waals surface area (Å²) in [4.78, 5) is 26.1. The number of halogens is 1. The van der Waals surface area contributed by atoms with E-state index in [4.69, 9.17) is 11.6 Å². The number of nitrogens with zero attached hydrogens (tertiary/aromatic N) is 2. The molecule has 0 unspecified atom stereocenters. The van der Waals surface area contributed by atoms with Gasteiger partial charge in [-0.3, -0.25) is 9.59 Å². The van der Waals surface area contributed by atoms with Crippen LogP contribution in [0.2, 0.25) is 5.02 Å². The third-order valence-electron chi connectivity index (χ3n) is 6.25. The van der Waals surface area contributed by atoms with Gasteiger partial charge in [0, 0.05) is 28.4 Å². The van der Waals surface area contributed by atoms with Crippen LogP contribution in [0.4, 0.5) is 11.5 Å². The zero-order valence-electron chi connectivity index (χ0n) is 17.9. The second kappa shape index (κ2) is 7.95. The third kappa shape index (κ3) is 3.41. The summed E-state index contributed by atoms with van der Waals surface area (Å²) in [6.45, 7) is 4.04. The summed E-state index contributed by atoms with van der Waals surface area (Å²) in [6, 6.07) is 12.8. The van der Waals surface area contributed by atoms with Crippen LogP contribution in [0.5, 0.6) is 0 Å². The SMILES string of the molecule is Cc1ccc(NC(=O)c2cnn3c2NC2=C(C(=O)CCC2)[C@H]3c2ccccc2Cl)cc1C. The molecule has 0 spiro atoms. The Hall–Kier alpha value is -3.38. The van der Waals surface area contributed by atoms with E-state index in [-0.39, 0.29) is 11.7 Å². The summed E-state index contributed by atoms with van der Waals surface area (Å²) in [5.41, 5.74) is 5.74. The fraction of sp³-hybridized carbons (Fsp3) is 0.240. The minimum atomic E-state index is -0.467. The number of nitrogens with one attached hydrogen (secondary N) is 2. The Morgan fingerprint density at radius 2 is 1.97 bits per heavy atom. The van der Waals surface area contributed by atoms with Crippen molar-refractivity contribution in [3.63, 3.8) is 0 Å². The van der Waals surface area contributed by atoms with E-state index in [9.17, 15) is 9.59 Å². The van der Waals surface area contributed by atoms with Crippen LogP contribution in [0.25, 0.3) is 0 Å². The molecule has 0 bridgehead atoms. The minimum absolute atomic E-state index is 0.0888. The normalized spacial score (nSPS) is 17.5. The number of carbonyl (C=O) groups is 2. The van der Waals surface area contributed by atoms with E-state index in [0.29, 0.717) is 28.4 Å². The zero-order chi connectivity index (χ0) is 22.4. The molecule has 5 rings (SSSR count). The number of ketones is 1. The smallest absolute Gasteiger partial charge is 0.261 e. The van der Waals surface area contributed by atoms with Crippen molar-refractivity contribution in [3.8, 4) is 0 Å². The number of rotatable bonds is 3. The quantitative estimate of drug-likeness (QED) is 0.562. The molecule has 2 aromatic carbocycles. The summed E-state index contributed by atoms with van der Waals surface area (Å²) in [5, 5.41) is 11.4. The number of Topliss-reactive ketones (excluding diaryl/α,β-unsaturated/α-hetero) is 1. The number of carbonyl (C=O) groups excluding carboxylic acids is 2. The fourth-order valence-corrected chi connectivity index (χ4v) is 4.67. The summed E-state index contributed by atoms with van der Waals surface area (Å²) in [6.07, 6.45) is 3.56. The minimum Gasteiger partial charge on any atom is -0.343 e. The number of allylic oxidation sites excluding steroid dienone is 2. The molecule has 2 N–H and O–H groups in total. The van der Waals surface area contributed by atoms with Crippen LogP contribution in [0, 0.1) is 13.8 Å². The Labute approximate surface area is 191 Å². The van der Waals surface area contributed by atoms with Crippen LogP contribution in [0.1, 0.15) is 52.4 Å². The highest BCUT2D eigenvalue weighted by Gasteiger charge is 2.38. The van der Waals surface area contributed by atoms with Crippen molar-refractivity contribution in [1.29, 1.82) is 0 Å².